The average Bonchev–Trinajstić information content (AvgIpc) is 2.14. The lowest BCUT2D eigenvalue weighted by Crippen LogP contribution is -2.20. The van der Waals surface area contributed by atoms with E-state index in [-0.39, 0.29) is 0 Å². The summed E-state index contributed by atoms with van der Waals surface area (Å²) in [6, 6.07) is 0. The van der Waals surface area contributed by atoms with Gasteiger partial charge in [0, 0.05) is 0 Å². The van der Waals surface area contributed by atoms with Crippen LogP contribution in [0.3, 0.4) is 0 Å². The third-order valence-electron chi connectivity index (χ3n) is 2.36. The summed E-state index contributed by atoms with van der Waals surface area (Å²) in [4.78, 5) is 0. The van der Waals surface area contributed by atoms with Crippen LogP contribution in [0, 0.1) is 11.8 Å². The predicted octanol–water partition coefficient (Wildman–Crippen LogP) is 4.00. The Morgan fingerprint density at radius 3 is 2.20 bits per heavy atom. The van der Waals surface area contributed by atoms with Crippen molar-refractivity contribution in [3.63, 3.8) is 0 Å². The highest BCUT2D eigenvalue weighted by Gasteiger charge is 1.92. The second-order valence-electron chi connectivity index (χ2n) is 5.18. The van der Waals surface area contributed by atoms with E-state index in [0.29, 0.717) is 0 Å². The molecule has 0 spiro atoms. The number of hydrogen-bond donors (Lipinski definition) is 1. The van der Waals surface area contributed by atoms with Crippen molar-refractivity contribution < 1.29 is 0 Å². The van der Waals surface area contributed by atoms with Gasteiger partial charge in [0.2, 0.25) is 0 Å². The third-order valence-corrected chi connectivity index (χ3v) is 2.36. The molecule has 0 amide bonds. The van der Waals surface area contributed by atoms with Crippen LogP contribution in [-0.4, -0.2) is 13.1 Å². The normalized spacial score (nSPS) is 12.1. The van der Waals surface area contributed by atoms with Gasteiger partial charge in [-0.05, 0) is 44.2 Å². The van der Waals surface area contributed by atoms with Gasteiger partial charge in [-0.15, -0.1) is 0 Å². The Labute approximate surface area is 96.3 Å². The molecule has 0 unspecified atom stereocenters. The molecule has 0 heterocycles. The summed E-state index contributed by atoms with van der Waals surface area (Å²) in [5.41, 5.74) is 0. The standard InChI is InChI=1S/C14H29N/c1-13(2)10-8-6-5-7-9-11-15-12-14(3)4/h5,7,13-15H,6,8-12H2,1-4H3/b7-5+. The van der Waals surface area contributed by atoms with Crippen molar-refractivity contribution in [3.05, 3.63) is 12.2 Å². The third kappa shape index (κ3) is 13.7. The first-order valence-corrected chi connectivity index (χ1v) is 6.48. The van der Waals surface area contributed by atoms with E-state index in [0.717, 1.165) is 24.9 Å². The molecule has 0 aliphatic rings. The molecule has 0 bridgehead atoms. The van der Waals surface area contributed by atoms with Crippen molar-refractivity contribution >= 4 is 0 Å². The van der Waals surface area contributed by atoms with Crippen LogP contribution in [0.1, 0.15) is 53.4 Å². The largest absolute Gasteiger partial charge is 0.316 e. The van der Waals surface area contributed by atoms with Crippen molar-refractivity contribution in [2.24, 2.45) is 11.8 Å². The molecule has 1 N–H and O–H groups in total. The highest BCUT2D eigenvalue weighted by Crippen LogP contribution is 2.06. The molecule has 0 aromatic rings. The Hall–Kier alpha value is -0.300. The number of unbranched alkanes of at least 4 members (excludes halogenated alkanes) is 1. The maximum atomic E-state index is 3.44. The van der Waals surface area contributed by atoms with Crippen molar-refractivity contribution in [3.8, 4) is 0 Å². The molecule has 0 aromatic carbocycles. The second kappa shape index (κ2) is 10.2. The fourth-order valence-electron chi connectivity index (χ4n) is 1.46. The van der Waals surface area contributed by atoms with E-state index in [1.165, 1.54) is 25.7 Å². The van der Waals surface area contributed by atoms with E-state index in [9.17, 15) is 0 Å². The molecule has 0 aliphatic heterocycles. The lowest BCUT2D eigenvalue weighted by Gasteiger charge is -2.05. The van der Waals surface area contributed by atoms with Crippen LogP contribution < -0.4 is 5.32 Å². The van der Waals surface area contributed by atoms with Crippen LogP contribution in [0.5, 0.6) is 0 Å². The Balaban J connectivity index is 3.11. The number of hydrogen-bond acceptors (Lipinski definition) is 1. The van der Waals surface area contributed by atoms with Gasteiger partial charge in [-0.2, -0.15) is 0 Å². The number of allylic oxidation sites excluding steroid dienone is 1. The molecular formula is C14H29N. The van der Waals surface area contributed by atoms with Gasteiger partial charge < -0.3 is 5.32 Å². The fraction of sp³-hybridized carbons (Fsp3) is 0.857. The van der Waals surface area contributed by atoms with Crippen molar-refractivity contribution in [2.75, 3.05) is 13.1 Å². The Morgan fingerprint density at radius 2 is 1.60 bits per heavy atom. The van der Waals surface area contributed by atoms with Gasteiger partial charge in [-0.3, -0.25) is 0 Å². The summed E-state index contributed by atoms with van der Waals surface area (Å²) in [7, 11) is 0. The van der Waals surface area contributed by atoms with Gasteiger partial charge in [-0.25, -0.2) is 0 Å². The van der Waals surface area contributed by atoms with E-state index >= 15 is 0 Å². The minimum atomic E-state index is 0.764. The zero-order chi connectivity index (χ0) is 11.5. The van der Waals surface area contributed by atoms with Gasteiger partial charge in [0.05, 0.1) is 0 Å². The lowest BCUT2D eigenvalue weighted by molar-refractivity contribution is 0.554. The van der Waals surface area contributed by atoms with E-state index in [1.54, 1.807) is 0 Å². The molecular weight excluding hydrogens is 182 g/mol. The van der Waals surface area contributed by atoms with Gasteiger partial charge >= 0.3 is 0 Å². The topological polar surface area (TPSA) is 12.0 Å². The Morgan fingerprint density at radius 1 is 0.933 bits per heavy atom. The Kier molecular flexibility index (Phi) is 10.0. The van der Waals surface area contributed by atoms with Crippen LogP contribution in [0.2, 0.25) is 0 Å². The van der Waals surface area contributed by atoms with Gasteiger partial charge in [-0.1, -0.05) is 46.3 Å². The van der Waals surface area contributed by atoms with Crippen molar-refractivity contribution in [1.82, 2.24) is 5.32 Å². The second-order valence-corrected chi connectivity index (χ2v) is 5.18. The molecule has 0 saturated heterocycles. The molecule has 0 rings (SSSR count). The smallest absolute Gasteiger partial charge is 0.00142 e. The zero-order valence-corrected chi connectivity index (χ0v) is 11.1. The summed E-state index contributed by atoms with van der Waals surface area (Å²) < 4.78 is 0. The van der Waals surface area contributed by atoms with Gasteiger partial charge in [0.15, 0.2) is 0 Å². The first-order valence-electron chi connectivity index (χ1n) is 6.48. The van der Waals surface area contributed by atoms with E-state index < -0.39 is 0 Å². The molecule has 0 aliphatic carbocycles. The maximum absolute atomic E-state index is 3.44. The average molecular weight is 211 g/mol. The van der Waals surface area contributed by atoms with Crippen LogP contribution in [0.15, 0.2) is 12.2 Å². The van der Waals surface area contributed by atoms with E-state index in [4.69, 9.17) is 0 Å². The summed E-state index contributed by atoms with van der Waals surface area (Å²) in [5.74, 6) is 1.62. The molecule has 0 aromatic heterocycles. The lowest BCUT2D eigenvalue weighted by atomic mass is 10.1. The van der Waals surface area contributed by atoms with Gasteiger partial charge in [0.25, 0.3) is 0 Å². The molecule has 15 heavy (non-hydrogen) atoms. The van der Waals surface area contributed by atoms with Crippen LogP contribution in [-0.2, 0) is 0 Å². The molecule has 0 atom stereocenters. The molecule has 90 valence electrons. The van der Waals surface area contributed by atoms with Crippen LogP contribution in [0.4, 0.5) is 0 Å². The summed E-state index contributed by atoms with van der Waals surface area (Å²) in [5, 5.41) is 3.44. The number of nitrogens with one attached hydrogen (secondary N) is 1. The molecule has 0 fully saturated rings. The number of rotatable bonds is 9. The van der Waals surface area contributed by atoms with Crippen molar-refractivity contribution in [1.29, 1.82) is 0 Å². The monoisotopic (exact) mass is 211 g/mol. The summed E-state index contributed by atoms with van der Waals surface area (Å²) in [6.45, 7) is 11.3. The van der Waals surface area contributed by atoms with Crippen LogP contribution >= 0.6 is 0 Å². The molecule has 1 heteroatoms. The first-order chi connectivity index (χ1) is 7.13. The highest BCUT2D eigenvalue weighted by molar-refractivity contribution is 4.82. The minimum Gasteiger partial charge on any atom is -0.316 e. The molecule has 1 nitrogen and oxygen atoms in total. The Bertz CT molecular complexity index is 147. The quantitative estimate of drug-likeness (QED) is 0.449. The van der Waals surface area contributed by atoms with Gasteiger partial charge in [0.1, 0.15) is 0 Å². The summed E-state index contributed by atoms with van der Waals surface area (Å²) >= 11 is 0. The fourth-order valence-corrected chi connectivity index (χ4v) is 1.46. The SMILES string of the molecule is CC(C)CCC/C=C/CCNCC(C)C. The van der Waals surface area contributed by atoms with Crippen LogP contribution in [0.25, 0.3) is 0 Å². The van der Waals surface area contributed by atoms with E-state index in [1.807, 2.05) is 0 Å². The maximum Gasteiger partial charge on any atom is -0.00142 e. The minimum absolute atomic E-state index is 0.764. The van der Waals surface area contributed by atoms with E-state index in [2.05, 4.69) is 45.2 Å². The molecule has 0 saturated carbocycles. The predicted molar refractivity (Wildman–Crippen MR) is 70.2 cm³/mol. The highest BCUT2D eigenvalue weighted by atomic mass is 14.8. The summed E-state index contributed by atoms with van der Waals surface area (Å²) in [6.07, 6.45) is 9.77. The molecule has 0 radical (unpaired) electrons. The van der Waals surface area contributed by atoms with Crippen molar-refractivity contribution in [2.45, 2.75) is 53.4 Å². The first kappa shape index (κ1) is 14.7. The zero-order valence-electron chi connectivity index (χ0n) is 11.1.